The number of pyridine rings is 1. The average Bonchev–Trinajstić information content (AvgIpc) is 2.35. The van der Waals surface area contributed by atoms with Gasteiger partial charge in [0.2, 0.25) is 5.82 Å². The average molecular weight is 320 g/mol. The molecule has 1 unspecified atom stereocenters. The lowest BCUT2D eigenvalue weighted by Crippen LogP contribution is -2.27. The van der Waals surface area contributed by atoms with Gasteiger partial charge >= 0.3 is 5.69 Å². The van der Waals surface area contributed by atoms with Crippen molar-refractivity contribution in [2.24, 2.45) is 0 Å². The second-order valence-electron chi connectivity index (χ2n) is 3.47. The van der Waals surface area contributed by atoms with Gasteiger partial charge in [-0.3, -0.25) is 10.1 Å². The first kappa shape index (κ1) is 14.8. The van der Waals surface area contributed by atoms with E-state index < -0.39 is 4.92 Å². The Hall–Kier alpha value is -1.25. The highest BCUT2D eigenvalue weighted by atomic mass is 79.9. The summed E-state index contributed by atoms with van der Waals surface area (Å²) in [6.45, 7) is 0.771. The van der Waals surface area contributed by atoms with E-state index in [0.717, 1.165) is 0 Å². The van der Waals surface area contributed by atoms with Crippen LogP contribution >= 0.6 is 15.9 Å². The highest BCUT2D eigenvalue weighted by Crippen LogP contribution is 2.25. The standard InChI is InChI=1S/C10H14BrN3O4/c1-17-6-8(18-2)5-13-10-9(14(15)16)3-7(11)4-12-10/h3-4,8H,5-6H2,1-2H3,(H,12,13). The molecule has 0 aliphatic carbocycles. The van der Waals surface area contributed by atoms with E-state index in [9.17, 15) is 10.1 Å². The molecule has 0 aliphatic rings. The van der Waals surface area contributed by atoms with E-state index in [0.29, 0.717) is 17.6 Å². The van der Waals surface area contributed by atoms with Crippen molar-refractivity contribution in [3.63, 3.8) is 0 Å². The van der Waals surface area contributed by atoms with Crippen molar-refractivity contribution in [2.45, 2.75) is 6.10 Å². The molecule has 0 amide bonds. The van der Waals surface area contributed by atoms with Crippen molar-refractivity contribution in [1.29, 1.82) is 0 Å². The zero-order valence-electron chi connectivity index (χ0n) is 10.1. The zero-order valence-corrected chi connectivity index (χ0v) is 11.6. The molecule has 7 nitrogen and oxygen atoms in total. The Morgan fingerprint density at radius 1 is 1.61 bits per heavy atom. The van der Waals surface area contributed by atoms with Crippen LogP contribution < -0.4 is 5.32 Å². The van der Waals surface area contributed by atoms with Crippen LogP contribution in [0.2, 0.25) is 0 Å². The molecule has 1 aromatic heterocycles. The van der Waals surface area contributed by atoms with E-state index in [1.165, 1.54) is 12.3 Å². The van der Waals surface area contributed by atoms with Gasteiger partial charge in [-0.1, -0.05) is 0 Å². The quantitative estimate of drug-likeness (QED) is 0.609. The Morgan fingerprint density at radius 3 is 2.89 bits per heavy atom. The Morgan fingerprint density at radius 2 is 2.33 bits per heavy atom. The maximum atomic E-state index is 10.9. The van der Waals surface area contributed by atoms with Crippen LogP contribution in [0.4, 0.5) is 11.5 Å². The molecule has 0 spiro atoms. The van der Waals surface area contributed by atoms with Gasteiger partial charge in [0, 0.05) is 37.5 Å². The Balaban J connectivity index is 2.74. The summed E-state index contributed by atoms with van der Waals surface area (Å²) < 4.78 is 10.7. The monoisotopic (exact) mass is 319 g/mol. The minimum atomic E-state index is -0.488. The van der Waals surface area contributed by atoms with Gasteiger partial charge in [-0.25, -0.2) is 4.98 Å². The molecule has 0 radical (unpaired) electrons. The van der Waals surface area contributed by atoms with Crippen molar-refractivity contribution < 1.29 is 14.4 Å². The second-order valence-corrected chi connectivity index (χ2v) is 4.39. The van der Waals surface area contributed by atoms with Crippen LogP contribution in [0.5, 0.6) is 0 Å². The first-order chi connectivity index (χ1) is 8.58. The van der Waals surface area contributed by atoms with Crippen molar-refractivity contribution in [2.75, 3.05) is 32.7 Å². The van der Waals surface area contributed by atoms with Crippen molar-refractivity contribution in [1.82, 2.24) is 4.98 Å². The molecule has 0 aliphatic heterocycles. The third-order valence-electron chi connectivity index (χ3n) is 2.21. The minimum absolute atomic E-state index is 0.0864. The van der Waals surface area contributed by atoms with Gasteiger partial charge < -0.3 is 14.8 Å². The molecule has 1 heterocycles. The third kappa shape index (κ3) is 4.21. The first-order valence-corrected chi connectivity index (χ1v) is 5.93. The summed E-state index contributed by atoms with van der Waals surface area (Å²) in [5.74, 6) is 0.210. The Labute approximate surface area is 113 Å². The number of hydrogen-bond acceptors (Lipinski definition) is 6. The number of methoxy groups -OCH3 is 2. The Bertz CT molecular complexity index is 416. The van der Waals surface area contributed by atoms with Crippen LogP contribution in [-0.2, 0) is 9.47 Å². The Kier molecular flexibility index (Phi) is 5.96. The SMILES string of the molecule is COCC(CNc1ncc(Br)cc1[N+](=O)[O-])OC. The van der Waals surface area contributed by atoms with E-state index in [1.807, 2.05) is 0 Å². The number of nitrogens with zero attached hydrogens (tertiary/aromatic N) is 2. The molecule has 0 aromatic carbocycles. The number of nitrogens with one attached hydrogen (secondary N) is 1. The normalized spacial score (nSPS) is 12.2. The second kappa shape index (κ2) is 7.24. The molecule has 18 heavy (non-hydrogen) atoms. The molecule has 8 heteroatoms. The minimum Gasteiger partial charge on any atom is -0.382 e. The number of hydrogen-bond donors (Lipinski definition) is 1. The summed E-state index contributed by atoms with van der Waals surface area (Å²) in [6, 6.07) is 1.40. The van der Waals surface area contributed by atoms with Crippen molar-refractivity contribution >= 4 is 27.4 Å². The van der Waals surface area contributed by atoms with Crippen LogP contribution in [0.3, 0.4) is 0 Å². The molecule has 1 rings (SSSR count). The molecule has 1 atom stereocenters. The molecule has 0 saturated carbocycles. The van der Waals surface area contributed by atoms with E-state index >= 15 is 0 Å². The van der Waals surface area contributed by atoms with Gasteiger partial charge in [-0.05, 0) is 15.9 Å². The molecule has 1 aromatic rings. The number of nitro groups is 1. The predicted octanol–water partition coefficient (Wildman–Crippen LogP) is 1.83. The van der Waals surface area contributed by atoms with Crippen molar-refractivity contribution in [3.8, 4) is 0 Å². The highest BCUT2D eigenvalue weighted by molar-refractivity contribution is 9.10. The fraction of sp³-hybridized carbons (Fsp3) is 0.500. The van der Waals surface area contributed by atoms with Gasteiger partial charge in [-0.2, -0.15) is 0 Å². The number of aromatic nitrogens is 1. The lowest BCUT2D eigenvalue weighted by Gasteiger charge is -2.15. The summed E-state index contributed by atoms with van der Waals surface area (Å²) in [6.07, 6.45) is 1.30. The number of anilines is 1. The lowest BCUT2D eigenvalue weighted by molar-refractivity contribution is -0.384. The van der Waals surface area contributed by atoms with Gasteiger partial charge in [0.15, 0.2) is 0 Å². The summed E-state index contributed by atoms with van der Waals surface area (Å²) in [4.78, 5) is 14.3. The number of ether oxygens (including phenoxy) is 2. The van der Waals surface area contributed by atoms with Gasteiger partial charge in [0.1, 0.15) is 0 Å². The van der Waals surface area contributed by atoms with Gasteiger partial charge in [0.25, 0.3) is 0 Å². The number of rotatable bonds is 7. The van der Waals surface area contributed by atoms with E-state index in [-0.39, 0.29) is 17.6 Å². The van der Waals surface area contributed by atoms with Crippen molar-refractivity contribution in [3.05, 3.63) is 26.9 Å². The van der Waals surface area contributed by atoms with Crippen LogP contribution in [0.25, 0.3) is 0 Å². The first-order valence-electron chi connectivity index (χ1n) is 5.14. The van der Waals surface area contributed by atoms with Crippen LogP contribution in [0.15, 0.2) is 16.7 Å². The van der Waals surface area contributed by atoms with Gasteiger partial charge in [0.05, 0.1) is 17.6 Å². The van der Waals surface area contributed by atoms with Crippen LogP contribution in [-0.4, -0.2) is 43.4 Å². The largest absolute Gasteiger partial charge is 0.382 e. The molecular formula is C10H14BrN3O4. The predicted molar refractivity (Wildman–Crippen MR) is 69.8 cm³/mol. The molecular weight excluding hydrogens is 306 g/mol. The molecule has 100 valence electrons. The van der Waals surface area contributed by atoms with Crippen LogP contribution in [0, 0.1) is 10.1 Å². The molecule has 0 bridgehead atoms. The van der Waals surface area contributed by atoms with E-state index in [4.69, 9.17) is 9.47 Å². The fourth-order valence-electron chi connectivity index (χ4n) is 1.31. The zero-order chi connectivity index (χ0) is 13.5. The summed E-state index contributed by atoms with van der Waals surface area (Å²) in [5, 5.41) is 13.7. The fourth-order valence-corrected chi connectivity index (χ4v) is 1.63. The summed E-state index contributed by atoms with van der Waals surface area (Å²) >= 11 is 3.14. The third-order valence-corrected chi connectivity index (χ3v) is 2.65. The maximum absolute atomic E-state index is 10.9. The number of halogens is 1. The maximum Gasteiger partial charge on any atom is 0.312 e. The van der Waals surface area contributed by atoms with E-state index in [1.54, 1.807) is 14.2 Å². The van der Waals surface area contributed by atoms with Gasteiger partial charge in [-0.15, -0.1) is 0 Å². The summed E-state index contributed by atoms with van der Waals surface area (Å²) in [5.41, 5.74) is -0.0864. The topological polar surface area (TPSA) is 86.5 Å². The molecule has 1 N–H and O–H groups in total. The van der Waals surface area contributed by atoms with E-state index in [2.05, 4.69) is 26.2 Å². The smallest absolute Gasteiger partial charge is 0.312 e. The highest BCUT2D eigenvalue weighted by Gasteiger charge is 2.17. The lowest BCUT2D eigenvalue weighted by atomic mass is 10.3. The molecule has 0 saturated heterocycles. The van der Waals surface area contributed by atoms with Crippen LogP contribution in [0.1, 0.15) is 0 Å². The summed E-state index contributed by atoms with van der Waals surface area (Å²) in [7, 11) is 3.11. The molecule has 0 fully saturated rings.